The summed E-state index contributed by atoms with van der Waals surface area (Å²) in [7, 11) is 0. The highest BCUT2D eigenvalue weighted by Crippen LogP contribution is 2.35. The van der Waals surface area contributed by atoms with E-state index in [1.807, 2.05) is 36.3 Å². The minimum atomic E-state index is 0.0275. The van der Waals surface area contributed by atoms with Crippen LogP contribution in [0.5, 0.6) is 0 Å². The van der Waals surface area contributed by atoms with Crippen molar-refractivity contribution in [1.82, 2.24) is 9.88 Å². The van der Waals surface area contributed by atoms with E-state index in [-0.39, 0.29) is 5.91 Å². The molecule has 1 aromatic heterocycles. The van der Waals surface area contributed by atoms with E-state index in [1.54, 1.807) is 17.5 Å². The van der Waals surface area contributed by atoms with E-state index in [1.165, 1.54) is 0 Å². The van der Waals surface area contributed by atoms with E-state index in [4.69, 9.17) is 9.73 Å². The Morgan fingerprint density at radius 1 is 1.36 bits per heavy atom. The largest absolute Gasteiger partial charge is 0.378 e. The van der Waals surface area contributed by atoms with Gasteiger partial charge in [-0.3, -0.25) is 9.79 Å². The average molecular weight is 357 g/mol. The van der Waals surface area contributed by atoms with Gasteiger partial charge in [0.15, 0.2) is 0 Å². The first-order valence-corrected chi connectivity index (χ1v) is 9.44. The quantitative estimate of drug-likeness (QED) is 0.774. The molecule has 1 saturated heterocycles. The van der Waals surface area contributed by atoms with Crippen LogP contribution in [0.15, 0.2) is 28.7 Å². The number of amides is 1. The van der Waals surface area contributed by atoms with Crippen molar-refractivity contribution in [3.63, 3.8) is 0 Å². The second-order valence-corrected chi connectivity index (χ2v) is 6.97. The Bertz CT molecular complexity index is 778. The molecule has 5 nitrogen and oxygen atoms in total. The van der Waals surface area contributed by atoms with Crippen molar-refractivity contribution < 1.29 is 9.53 Å². The number of thiazole rings is 1. The van der Waals surface area contributed by atoms with Crippen LogP contribution in [0, 0.1) is 6.92 Å². The minimum absolute atomic E-state index is 0.0275. The van der Waals surface area contributed by atoms with Crippen molar-refractivity contribution in [1.29, 1.82) is 0 Å². The van der Waals surface area contributed by atoms with Gasteiger partial charge < -0.3 is 9.64 Å². The van der Waals surface area contributed by atoms with Gasteiger partial charge in [-0.1, -0.05) is 13.0 Å². The molecular formula is C19H23N3O2S. The summed E-state index contributed by atoms with van der Waals surface area (Å²) in [6.45, 7) is 8.53. The molecular weight excluding hydrogens is 334 g/mol. The summed E-state index contributed by atoms with van der Waals surface area (Å²) in [5.41, 5.74) is 4.48. The molecule has 2 aromatic rings. The number of benzene rings is 1. The molecule has 1 amide bonds. The molecule has 2 heterocycles. The lowest BCUT2D eigenvalue weighted by Crippen LogP contribution is -2.40. The molecule has 0 saturated carbocycles. The zero-order chi connectivity index (χ0) is 17.8. The van der Waals surface area contributed by atoms with E-state index in [2.05, 4.69) is 11.9 Å². The maximum Gasteiger partial charge on any atom is 0.256 e. The lowest BCUT2D eigenvalue weighted by molar-refractivity contribution is 0.0303. The monoisotopic (exact) mass is 357 g/mol. The number of rotatable bonds is 4. The van der Waals surface area contributed by atoms with Crippen molar-refractivity contribution in [2.45, 2.75) is 27.2 Å². The average Bonchev–Trinajstić information content (AvgIpc) is 3.17. The molecule has 1 fully saturated rings. The molecule has 0 N–H and O–H groups in total. The van der Waals surface area contributed by atoms with Gasteiger partial charge in [-0.05, 0) is 31.9 Å². The summed E-state index contributed by atoms with van der Waals surface area (Å²) >= 11 is 1.59. The van der Waals surface area contributed by atoms with Gasteiger partial charge in [-0.25, -0.2) is 4.98 Å². The Morgan fingerprint density at radius 2 is 2.12 bits per heavy atom. The normalized spacial score (nSPS) is 15.5. The fraction of sp³-hybridized carbons (Fsp3) is 0.421. The van der Waals surface area contributed by atoms with Gasteiger partial charge in [-0.15, -0.1) is 11.3 Å². The van der Waals surface area contributed by atoms with Crippen LogP contribution < -0.4 is 0 Å². The number of carbonyl (C=O) groups is 1. The molecule has 132 valence electrons. The van der Waals surface area contributed by atoms with E-state index >= 15 is 0 Å². The maximum absolute atomic E-state index is 13.0. The van der Waals surface area contributed by atoms with Gasteiger partial charge in [0.25, 0.3) is 5.91 Å². The fourth-order valence-electron chi connectivity index (χ4n) is 2.81. The predicted octanol–water partition coefficient (Wildman–Crippen LogP) is 4.09. The van der Waals surface area contributed by atoms with Gasteiger partial charge in [-0.2, -0.15) is 0 Å². The molecule has 25 heavy (non-hydrogen) atoms. The summed E-state index contributed by atoms with van der Waals surface area (Å²) in [4.78, 5) is 24.1. The molecule has 0 spiro atoms. The minimum Gasteiger partial charge on any atom is -0.378 e. The molecule has 3 rings (SSSR count). The number of carbonyl (C=O) groups excluding carboxylic acids is 1. The Labute approximate surface area is 152 Å². The molecule has 1 aliphatic heterocycles. The van der Waals surface area contributed by atoms with Crippen LogP contribution in [0.25, 0.3) is 10.6 Å². The fourth-order valence-corrected chi connectivity index (χ4v) is 3.53. The highest BCUT2D eigenvalue weighted by molar-refractivity contribution is 7.13. The van der Waals surface area contributed by atoms with Crippen molar-refractivity contribution in [3.05, 3.63) is 34.8 Å². The van der Waals surface area contributed by atoms with Crippen LogP contribution in [0.2, 0.25) is 0 Å². The van der Waals surface area contributed by atoms with E-state index in [0.29, 0.717) is 31.9 Å². The zero-order valence-corrected chi connectivity index (χ0v) is 15.7. The van der Waals surface area contributed by atoms with Crippen molar-refractivity contribution in [2.75, 3.05) is 26.3 Å². The Balaban J connectivity index is 2.08. The number of ether oxygens (including phenoxy) is 1. The summed E-state index contributed by atoms with van der Waals surface area (Å²) < 4.78 is 5.36. The molecule has 1 aliphatic rings. The van der Waals surface area contributed by atoms with Gasteiger partial charge in [0, 0.05) is 35.9 Å². The first-order valence-electron chi connectivity index (χ1n) is 8.56. The van der Waals surface area contributed by atoms with Gasteiger partial charge in [0.1, 0.15) is 5.01 Å². The molecule has 6 heteroatoms. The number of hydrogen-bond acceptors (Lipinski definition) is 5. The van der Waals surface area contributed by atoms with Gasteiger partial charge in [0.05, 0.1) is 24.5 Å². The van der Waals surface area contributed by atoms with Gasteiger partial charge >= 0.3 is 0 Å². The summed E-state index contributed by atoms with van der Waals surface area (Å²) in [5, 5.41) is 2.91. The third-order valence-electron chi connectivity index (χ3n) is 4.44. The first-order chi connectivity index (χ1) is 12.1. The SMILES string of the molecule is CC/C(C)=N\c1c(C(=O)N2CCOCC2)ccc(-c2nccs2)c1C. The molecule has 0 aliphatic carbocycles. The van der Waals surface area contributed by atoms with Crippen LogP contribution in [-0.4, -0.2) is 47.8 Å². The topological polar surface area (TPSA) is 54.8 Å². The van der Waals surface area contributed by atoms with Crippen LogP contribution in [0.3, 0.4) is 0 Å². The Kier molecular flexibility index (Phi) is 5.60. The smallest absolute Gasteiger partial charge is 0.256 e. The van der Waals surface area contributed by atoms with Crippen LogP contribution in [-0.2, 0) is 4.74 Å². The Morgan fingerprint density at radius 3 is 2.76 bits per heavy atom. The molecule has 0 radical (unpaired) electrons. The highest BCUT2D eigenvalue weighted by Gasteiger charge is 2.23. The van der Waals surface area contributed by atoms with Crippen LogP contribution >= 0.6 is 11.3 Å². The predicted molar refractivity (Wildman–Crippen MR) is 102 cm³/mol. The third kappa shape index (κ3) is 3.80. The second kappa shape index (κ2) is 7.89. The highest BCUT2D eigenvalue weighted by atomic mass is 32.1. The molecule has 1 aromatic carbocycles. The molecule has 0 unspecified atom stereocenters. The number of aromatic nitrogens is 1. The van der Waals surface area contributed by atoms with Crippen molar-refractivity contribution in [3.8, 4) is 10.6 Å². The Hall–Kier alpha value is -2.05. The van der Waals surface area contributed by atoms with Gasteiger partial charge in [0.2, 0.25) is 0 Å². The number of aliphatic imine (C=N–C) groups is 1. The van der Waals surface area contributed by atoms with E-state index in [9.17, 15) is 4.79 Å². The number of morpholine rings is 1. The standard InChI is InChI=1S/C19H23N3O2S/c1-4-13(2)21-17-14(3)15(18-20-7-12-25-18)5-6-16(17)19(23)22-8-10-24-11-9-22/h5-7,12H,4,8-11H2,1-3H3/b21-13-. The maximum atomic E-state index is 13.0. The molecule has 0 bridgehead atoms. The van der Waals surface area contributed by atoms with E-state index < -0.39 is 0 Å². The number of nitrogens with zero attached hydrogens (tertiary/aromatic N) is 3. The van der Waals surface area contributed by atoms with Crippen LogP contribution in [0.1, 0.15) is 36.2 Å². The summed E-state index contributed by atoms with van der Waals surface area (Å²) in [6.07, 6.45) is 2.65. The lowest BCUT2D eigenvalue weighted by atomic mass is 10.0. The summed E-state index contributed by atoms with van der Waals surface area (Å²) in [6, 6.07) is 3.88. The van der Waals surface area contributed by atoms with Crippen molar-refractivity contribution >= 4 is 28.6 Å². The molecule has 0 atom stereocenters. The second-order valence-electron chi connectivity index (χ2n) is 6.08. The lowest BCUT2D eigenvalue weighted by Gasteiger charge is -2.27. The van der Waals surface area contributed by atoms with Crippen LogP contribution in [0.4, 0.5) is 5.69 Å². The zero-order valence-electron chi connectivity index (χ0n) is 14.9. The number of hydrogen-bond donors (Lipinski definition) is 0. The van der Waals surface area contributed by atoms with E-state index in [0.717, 1.165) is 34.0 Å². The first kappa shape index (κ1) is 17.8. The summed E-state index contributed by atoms with van der Waals surface area (Å²) in [5.74, 6) is 0.0275. The third-order valence-corrected chi connectivity index (χ3v) is 5.24. The van der Waals surface area contributed by atoms with Crippen molar-refractivity contribution in [2.24, 2.45) is 4.99 Å².